The molecule has 7 nitrogen and oxygen atoms in total. The summed E-state index contributed by atoms with van der Waals surface area (Å²) < 4.78 is 6.71. The number of nitrogens with one attached hydrogen (secondary N) is 1. The largest absolute Gasteiger partial charge is 0.466 e. The number of rotatable bonds is 6. The molecule has 0 bridgehead atoms. The van der Waals surface area contributed by atoms with Crippen LogP contribution >= 0.6 is 11.8 Å². The molecule has 2 heterocycles. The van der Waals surface area contributed by atoms with Gasteiger partial charge in [-0.15, -0.1) is 5.10 Å². The number of hydrogen-bond acceptors (Lipinski definition) is 7. The Morgan fingerprint density at radius 2 is 1.94 bits per heavy atom. The highest BCUT2D eigenvalue weighted by Crippen LogP contribution is 2.43. The van der Waals surface area contributed by atoms with E-state index in [0.29, 0.717) is 16.9 Å². The molecule has 3 unspecified atom stereocenters. The predicted molar refractivity (Wildman–Crippen MR) is 120 cm³/mol. The Kier molecular flexibility index (Phi) is 6.02. The van der Waals surface area contributed by atoms with Gasteiger partial charge in [-0.25, -0.2) is 0 Å². The lowest BCUT2D eigenvalue weighted by Crippen LogP contribution is -2.52. The van der Waals surface area contributed by atoms with E-state index >= 15 is 0 Å². The number of esters is 1. The molecule has 3 atom stereocenters. The van der Waals surface area contributed by atoms with E-state index in [1.54, 1.807) is 13.8 Å². The Balaban J connectivity index is 1.68. The molecule has 0 aliphatic carbocycles. The van der Waals surface area contributed by atoms with Crippen molar-refractivity contribution in [1.82, 2.24) is 14.8 Å². The van der Waals surface area contributed by atoms with Crippen LogP contribution < -0.4 is 5.32 Å². The fraction of sp³-hybridized carbons (Fsp3) is 0.348. The molecule has 2 aromatic carbocycles. The number of aromatic nitrogens is 3. The van der Waals surface area contributed by atoms with Crippen molar-refractivity contribution < 1.29 is 14.6 Å². The van der Waals surface area contributed by atoms with Crippen molar-refractivity contribution >= 4 is 23.7 Å². The average molecular weight is 439 g/mol. The maximum absolute atomic E-state index is 12.9. The minimum absolute atomic E-state index is 0.231. The molecule has 4 rings (SSSR count). The smallest absolute Gasteiger partial charge is 0.316 e. The zero-order valence-corrected chi connectivity index (χ0v) is 18.6. The number of aliphatic hydroxyl groups is 1. The van der Waals surface area contributed by atoms with Crippen molar-refractivity contribution in [3.05, 3.63) is 71.3 Å². The third-order valence-corrected chi connectivity index (χ3v) is 6.32. The maximum Gasteiger partial charge on any atom is 0.316 e. The number of hydrogen-bond donors (Lipinski definition) is 2. The normalized spacial score (nSPS) is 22.5. The second kappa shape index (κ2) is 8.72. The monoisotopic (exact) mass is 438 g/mol. The minimum Gasteiger partial charge on any atom is -0.466 e. The molecule has 1 aromatic heterocycles. The average Bonchev–Trinajstić information content (AvgIpc) is 3.17. The fourth-order valence-corrected chi connectivity index (χ4v) is 4.58. The summed E-state index contributed by atoms with van der Waals surface area (Å²) in [6.45, 7) is 5.57. The Morgan fingerprint density at radius 3 is 2.61 bits per heavy atom. The summed E-state index contributed by atoms with van der Waals surface area (Å²) in [4.78, 5) is 17.5. The minimum atomic E-state index is -1.61. The number of carbonyl (C=O) groups excluding carboxylic acids is 1. The summed E-state index contributed by atoms with van der Waals surface area (Å²) in [7, 11) is 0. The van der Waals surface area contributed by atoms with Gasteiger partial charge in [-0.05, 0) is 31.9 Å². The molecule has 0 spiro atoms. The van der Waals surface area contributed by atoms with E-state index in [-0.39, 0.29) is 6.61 Å². The zero-order valence-electron chi connectivity index (χ0n) is 17.8. The standard InChI is InChI=1S/C23H26N4O3S/c1-4-30-20(28)18-19(17-12-10-15(2)11-13-17)24-21-25-22(26-27(21)23(18,3)29)31-14-16-8-6-5-7-9-16/h5-13,18-19,29H,4,14H2,1-3H3,(H,24,25,26). The first-order valence-corrected chi connectivity index (χ1v) is 11.2. The maximum atomic E-state index is 12.9. The van der Waals surface area contributed by atoms with E-state index in [1.165, 1.54) is 16.4 Å². The van der Waals surface area contributed by atoms with E-state index in [4.69, 9.17) is 4.74 Å². The van der Waals surface area contributed by atoms with E-state index in [1.807, 2.05) is 61.5 Å². The second-order valence-electron chi connectivity index (χ2n) is 7.76. The predicted octanol–water partition coefficient (Wildman–Crippen LogP) is 3.89. The third-order valence-electron chi connectivity index (χ3n) is 5.41. The number of aryl methyl sites for hydroxylation is 1. The first kappa shape index (κ1) is 21.4. The molecule has 3 aromatic rings. The fourth-order valence-electron chi connectivity index (χ4n) is 3.80. The van der Waals surface area contributed by atoms with Gasteiger partial charge in [-0.3, -0.25) is 4.79 Å². The van der Waals surface area contributed by atoms with Gasteiger partial charge in [0.05, 0.1) is 12.6 Å². The third kappa shape index (κ3) is 4.31. The molecule has 162 valence electrons. The second-order valence-corrected chi connectivity index (χ2v) is 8.70. The van der Waals surface area contributed by atoms with Crippen molar-refractivity contribution in [2.45, 2.75) is 43.4 Å². The van der Waals surface area contributed by atoms with Gasteiger partial charge in [0, 0.05) is 5.75 Å². The number of ether oxygens (including phenoxy) is 1. The van der Waals surface area contributed by atoms with Gasteiger partial charge in [-0.1, -0.05) is 71.9 Å². The van der Waals surface area contributed by atoms with E-state index in [2.05, 4.69) is 15.4 Å². The summed E-state index contributed by atoms with van der Waals surface area (Å²) in [5.74, 6) is -0.247. The van der Waals surface area contributed by atoms with Crippen LogP contribution in [0, 0.1) is 12.8 Å². The highest BCUT2D eigenvalue weighted by Gasteiger charge is 2.51. The molecule has 1 aliphatic rings. The summed E-state index contributed by atoms with van der Waals surface area (Å²) >= 11 is 1.48. The molecule has 0 fully saturated rings. The summed E-state index contributed by atoms with van der Waals surface area (Å²) in [6, 6.07) is 17.4. The molecule has 0 saturated carbocycles. The molecular formula is C23H26N4O3S. The zero-order chi connectivity index (χ0) is 22.0. The van der Waals surface area contributed by atoms with Crippen molar-refractivity contribution in [2.24, 2.45) is 5.92 Å². The van der Waals surface area contributed by atoms with Crippen LogP contribution in [0.3, 0.4) is 0 Å². The molecule has 0 radical (unpaired) electrons. The summed E-state index contributed by atoms with van der Waals surface area (Å²) in [5.41, 5.74) is 1.53. The lowest BCUT2D eigenvalue weighted by Gasteiger charge is -2.41. The molecule has 0 saturated heterocycles. The van der Waals surface area contributed by atoms with Crippen LogP contribution in [-0.2, 0) is 21.0 Å². The van der Waals surface area contributed by atoms with Gasteiger partial charge in [0.2, 0.25) is 11.1 Å². The van der Waals surface area contributed by atoms with Crippen molar-refractivity contribution in [3.63, 3.8) is 0 Å². The van der Waals surface area contributed by atoms with Crippen molar-refractivity contribution in [1.29, 1.82) is 0 Å². The van der Waals surface area contributed by atoms with Crippen molar-refractivity contribution in [3.8, 4) is 0 Å². The van der Waals surface area contributed by atoms with Crippen molar-refractivity contribution in [2.75, 3.05) is 11.9 Å². The number of fused-ring (bicyclic) bond motifs is 1. The Hall–Kier alpha value is -2.84. The first-order chi connectivity index (χ1) is 14.9. The number of benzene rings is 2. The Morgan fingerprint density at radius 1 is 1.23 bits per heavy atom. The van der Waals surface area contributed by atoms with Crippen LogP contribution in [0.2, 0.25) is 0 Å². The van der Waals surface area contributed by atoms with Gasteiger partial charge in [0.15, 0.2) is 5.72 Å². The highest BCUT2D eigenvalue weighted by molar-refractivity contribution is 7.98. The topological polar surface area (TPSA) is 89.3 Å². The quantitative estimate of drug-likeness (QED) is 0.446. The molecule has 31 heavy (non-hydrogen) atoms. The van der Waals surface area contributed by atoms with Gasteiger partial charge in [-0.2, -0.15) is 9.67 Å². The summed E-state index contributed by atoms with van der Waals surface area (Å²) in [5, 5.41) is 19.8. The van der Waals surface area contributed by atoms with Crippen LogP contribution in [0.1, 0.15) is 36.6 Å². The Labute approximate surface area is 185 Å². The highest BCUT2D eigenvalue weighted by atomic mass is 32.2. The number of anilines is 1. The Bertz CT molecular complexity index is 1050. The van der Waals surface area contributed by atoms with Gasteiger partial charge in [0.25, 0.3) is 0 Å². The van der Waals surface area contributed by atoms with Gasteiger partial charge in [0.1, 0.15) is 5.92 Å². The van der Waals surface area contributed by atoms with Gasteiger partial charge >= 0.3 is 5.97 Å². The number of nitrogens with zero attached hydrogens (tertiary/aromatic N) is 3. The van der Waals surface area contributed by atoms with Crippen LogP contribution in [0.25, 0.3) is 0 Å². The SMILES string of the molecule is CCOC(=O)C1C(c2ccc(C)cc2)Nc2nc(SCc3ccccc3)nn2C1(C)O. The lowest BCUT2D eigenvalue weighted by molar-refractivity contribution is -0.171. The van der Waals surface area contributed by atoms with Gasteiger partial charge < -0.3 is 15.2 Å². The van der Waals surface area contributed by atoms with Crippen LogP contribution in [-0.4, -0.2) is 32.4 Å². The van der Waals surface area contributed by atoms with E-state index in [9.17, 15) is 9.90 Å². The van der Waals surface area contributed by atoms with Crippen LogP contribution in [0.5, 0.6) is 0 Å². The van der Waals surface area contributed by atoms with E-state index in [0.717, 1.165) is 16.7 Å². The van der Waals surface area contributed by atoms with Crippen LogP contribution in [0.15, 0.2) is 59.8 Å². The molecule has 8 heteroatoms. The molecule has 2 N–H and O–H groups in total. The lowest BCUT2D eigenvalue weighted by atomic mass is 9.83. The first-order valence-electron chi connectivity index (χ1n) is 10.3. The van der Waals surface area contributed by atoms with Crippen LogP contribution in [0.4, 0.5) is 5.95 Å². The summed E-state index contributed by atoms with van der Waals surface area (Å²) in [6.07, 6.45) is 0. The molecule has 1 aliphatic heterocycles. The molecule has 0 amide bonds. The number of thioether (sulfide) groups is 1. The molecular weight excluding hydrogens is 412 g/mol. The van der Waals surface area contributed by atoms with E-state index < -0.39 is 23.7 Å². The number of carbonyl (C=O) groups is 1.